The van der Waals surface area contributed by atoms with Gasteiger partial charge in [0.2, 0.25) is 5.91 Å². The van der Waals surface area contributed by atoms with Gasteiger partial charge in [-0.05, 0) is 55.5 Å². The molecule has 0 saturated carbocycles. The van der Waals surface area contributed by atoms with Crippen molar-refractivity contribution in [2.45, 2.75) is 19.4 Å². The molecule has 3 aromatic carbocycles. The van der Waals surface area contributed by atoms with Gasteiger partial charge in [-0.3, -0.25) is 29.3 Å². The maximum atomic E-state index is 13.2. The van der Waals surface area contributed by atoms with E-state index in [0.29, 0.717) is 10.0 Å². The smallest absolute Gasteiger partial charge is 0.273 e. The van der Waals surface area contributed by atoms with Gasteiger partial charge in [0.25, 0.3) is 23.4 Å². The molecule has 1 aliphatic rings. The number of azo groups is 1. The van der Waals surface area contributed by atoms with E-state index in [-0.39, 0.29) is 28.3 Å². The number of carbonyl (C=O) groups is 4. The number of hydrogen-bond acceptors (Lipinski definition) is 9. The average molecular weight is 547 g/mol. The van der Waals surface area contributed by atoms with E-state index in [0.717, 1.165) is 4.90 Å². The van der Waals surface area contributed by atoms with E-state index in [4.69, 9.17) is 11.6 Å². The third-order valence-corrected chi connectivity index (χ3v) is 5.79. The summed E-state index contributed by atoms with van der Waals surface area (Å²) in [5, 5.41) is 23.5. The predicted molar refractivity (Wildman–Crippen MR) is 141 cm³/mol. The van der Waals surface area contributed by atoms with Gasteiger partial charge in [0.1, 0.15) is 6.42 Å². The highest BCUT2D eigenvalue weighted by Crippen LogP contribution is 2.24. The number of halogens is 1. The van der Waals surface area contributed by atoms with Gasteiger partial charge < -0.3 is 0 Å². The van der Waals surface area contributed by atoms with E-state index in [1.54, 1.807) is 18.2 Å². The molecule has 0 saturated heterocycles. The summed E-state index contributed by atoms with van der Waals surface area (Å²) in [6.07, 6.45) is -0.837. The Morgan fingerprint density at radius 1 is 1.03 bits per heavy atom. The topological polar surface area (TPSA) is 155 Å². The molecule has 0 N–H and O–H groups in total. The highest BCUT2D eigenvalue weighted by Gasteiger charge is 2.39. The van der Waals surface area contributed by atoms with Crippen molar-refractivity contribution in [2.75, 3.05) is 4.90 Å². The average Bonchev–Trinajstić information content (AvgIpc) is 3.22. The number of imide groups is 2. The maximum absolute atomic E-state index is 13.2. The summed E-state index contributed by atoms with van der Waals surface area (Å²) in [4.78, 5) is 63.4. The fraction of sp³-hybridized carbons (Fsp3) is 0.115. The first-order chi connectivity index (χ1) is 18.7. The van der Waals surface area contributed by atoms with Crippen LogP contribution in [0.15, 0.2) is 94.2 Å². The van der Waals surface area contributed by atoms with Crippen LogP contribution in [0, 0.1) is 10.1 Å². The second-order valence-electron chi connectivity index (χ2n) is 8.23. The predicted octanol–water partition coefficient (Wildman–Crippen LogP) is 4.71. The van der Waals surface area contributed by atoms with Crippen LogP contribution in [0.1, 0.15) is 23.7 Å². The molecule has 1 atom stereocenters. The van der Waals surface area contributed by atoms with Crippen LogP contribution in [-0.4, -0.2) is 45.3 Å². The number of non-ortho nitro benzene ring substituents is 1. The first kappa shape index (κ1) is 26.9. The summed E-state index contributed by atoms with van der Waals surface area (Å²) < 4.78 is 0. The molecule has 0 radical (unpaired) electrons. The summed E-state index contributed by atoms with van der Waals surface area (Å²) in [6, 6.07) is 17.9. The molecule has 1 unspecified atom stereocenters. The molecule has 12 nitrogen and oxygen atoms in total. The SMILES string of the molecule is CC1=NN(C(=O)CC(=O)N(C(=O)c2ccccc2)c2ccc(Cl)cc2)C(=O)C1N=Nc1ccc([N+](=O)[O-])cc1. The van der Waals surface area contributed by atoms with E-state index >= 15 is 0 Å². The summed E-state index contributed by atoms with van der Waals surface area (Å²) in [7, 11) is 0. The minimum atomic E-state index is -1.22. The molecule has 1 aliphatic heterocycles. The molecule has 0 bridgehead atoms. The first-order valence-corrected chi connectivity index (χ1v) is 11.8. The number of amides is 4. The number of nitro benzene ring substituents is 1. The lowest BCUT2D eigenvalue weighted by molar-refractivity contribution is -0.384. The fourth-order valence-corrected chi connectivity index (χ4v) is 3.72. The van der Waals surface area contributed by atoms with Crippen LogP contribution >= 0.6 is 11.6 Å². The standard InChI is InChI=1S/C26H19ClN6O6/c1-16-24(29-28-19-9-13-21(14-10-19)33(38)39)26(37)32(30-16)23(35)15-22(34)31(20-11-7-18(27)8-12-20)25(36)17-5-3-2-4-6-17/h2-14,24H,15H2,1H3. The summed E-state index contributed by atoms with van der Waals surface area (Å²) in [6.45, 7) is 1.46. The highest BCUT2D eigenvalue weighted by atomic mass is 35.5. The van der Waals surface area contributed by atoms with Crippen LogP contribution in [-0.2, 0) is 14.4 Å². The molecule has 13 heteroatoms. The summed E-state index contributed by atoms with van der Waals surface area (Å²) >= 11 is 5.95. The number of anilines is 1. The Morgan fingerprint density at radius 3 is 2.28 bits per heavy atom. The maximum Gasteiger partial charge on any atom is 0.282 e. The van der Waals surface area contributed by atoms with E-state index in [2.05, 4.69) is 15.3 Å². The van der Waals surface area contributed by atoms with Crippen molar-refractivity contribution >= 4 is 58.0 Å². The lowest BCUT2D eigenvalue weighted by atomic mass is 10.1. The van der Waals surface area contributed by atoms with Crippen LogP contribution in [0.2, 0.25) is 5.02 Å². The monoisotopic (exact) mass is 546 g/mol. The van der Waals surface area contributed by atoms with Gasteiger partial charge in [-0.1, -0.05) is 29.8 Å². The van der Waals surface area contributed by atoms with Crippen LogP contribution < -0.4 is 4.90 Å². The number of nitrogens with zero attached hydrogens (tertiary/aromatic N) is 6. The molecule has 4 amide bonds. The Bertz CT molecular complexity index is 1510. The zero-order valence-corrected chi connectivity index (χ0v) is 21.1. The number of rotatable bonds is 7. The largest absolute Gasteiger partial charge is 0.282 e. The number of hydrazone groups is 1. The molecule has 0 spiro atoms. The number of benzene rings is 3. The molecular weight excluding hydrogens is 528 g/mol. The zero-order chi connectivity index (χ0) is 28.1. The number of hydrogen-bond donors (Lipinski definition) is 0. The van der Waals surface area contributed by atoms with E-state index in [9.17, 15) is 29.3 Å². The van der Waals surface area contributed by atoms with Crippen molar-refractivity contribution in [3.63, 3.8) is 0 Å². The minimum absolute atomic E-state index is 0.136. The van der Waals surface area contributed by atoms with Crippen molar-refractivity contribution in [2.24, 2.45) is 15.3 Å². The van der Waals surface area contributed by atoms with Crippen LogP contribution in [0.5, 0.6) is 0 Å². The van der Waals surface area contributed by atoms with Gasteiger partial charge in [-0.15, -0.1) is 0 Å². The molecule has 39 heavy (non-hydrogen) atoms. The van der Waals surface area contributed by atoms with Gasteiger partial charge in [0.05, 0.1) is 22.0 Å². The molecular formula is C26H19ClN6O6. The van der Waals surface area contributed by atoms with E-state index < -0.39 is 41.0 Å². The zero-order valence-electron chi connectivity index (χ0n) is 20.3. The molecule has 3 aromatic rings. The van der Waals surface area contributed by atoms with Gasteiger partial charge >= 0.3 is 0 Å². The lowest BCUT2D eigenvalue weighted by Crippen LogP contribution is -2.41. The Kier molecular flexibility index (Phi) is 7.96. The van der Waals surface area contributed by atoms with Gasteiger partial charge in [-0.25, -0.2) is 4.90 Å². The molecule has 0 fully saturated rings. The van der Waals surface area contributed by atoms with Crippen molar-refractivity contribution in [3.8, 4) is 0 Å². The van der Waals surface area contributed by atoms with Crippen LogP contribution in [0.4, 0.5) is 17.1 Å². The van der Waals surface area contributed by atoms with Gasteiger partial charge in [-0.2, -0.15) is 20.3 Å². The van der Waals surface area contributed by atoms with Crippen molar-refractivity contribution in [3.05, 3.63) is 99.6 Å². The van der Waals surface area contributed by atoms with E-state index in [1.807, 2.05) is 0 Å². The number of carbonyl (C=O) groups excluding carboxylic acids is 4. The second kappa shape index (κ2) is 11.5. The van der Waals surface area contributed by atoms with Crippen LogP contribution in [0.25, 0.3) is 0 Å². The summed E-state index contributed by atoms with van der Waals surface area (Å²) in [5.74, 6) is -3.34. The Balaban J connectivity index is 1.50. The molecule has 4 rings (SSSR count). The van der Waals surface area contributed by atoms with Crippen molar-refractivity contribution in [1.29, 1.82) is 0 Å². The molecule has 0 aromatic heterocycles. The highest BCUT2D eigenvalue weighted by molar-refractivity contribution is 6.31. The second-order valence-corrected chi connectivity index (χ2v) is 8.67. The third-order valence-electron chi connectivity index (χ3n) is 5.54. The molecule has 1 heterocycles. The Morgan fingerprint density at radius 2 is 1.67 bits per heavy atom. The fourth-order valence-electron chi connectivity index (χ4n) is 3.59. The molecule has 196 valence electrons. The normalized spacial score (nSPS) is 14.8. The minimum Gasteiger partial charge on any atom is -0.273 e. The Labute approximate surface area is 226 Å². The first-order valence-electron chi connectivity index (χ1n) is 11.4. The lowest BCUT2D eigenvalue weighted by Gasteiger charge is -2.21. The van der Waals surface area contributed by atoms with Crippen molar-refractivity contribution in [1.82, 2.24) is 5.01 Å². The third kappa shape index (κ3) is 6.08. The Hall–Kier alpha value is -5.10. The number of nitro groups is 1. The summed E-state index contributed by atoms with van der Waals surface area (Å²) in [5.41, 5.74) is 0.670. The van der Waals surface area contributed by atoms with E-state index in [1.165, 1.54) is 67.6 Å². The van der Waals surface area contributed by atoms with Gasteiger partial charge in [0, 0.05) is 22.7 Å². The van der Waals surface area contributed by atoms with Crippen molar-refractivity contribution < 1.29 is 24.1 Å². The molecule has 0 aliphatic carbocycles. The van der Waals surface area contributed by atoms with Gasteiger partial charge in [0.15, 0.2) is 6.04 Å². The quantitative estimate of drug-likeness (QED) is 0.181. The van der Waals surface area contributed by atoms with Crippen LogP contribution in [0.3, 0.4) is 0 Å².